The Morgan fingerprint density at radius 1 is 0.733 bits per heavy atom. The van der Waals surface area contributed by atoms with Gasteiger partial charge in [0.25, 0.3) is 0 Å². The third-order valence-corrected chi connectivity index (χ3v) is 6.93. The van der Waals surface area contributed by atoms with E-state index in [1.807, 2.05) is 0 Å². The number of carbonyl (C=O) groups is 4. The third kappa shape index (κ3) is 6.71. The largest absolute Gasteiger partial charge is 0.481 e. The molecule has 2 fully saturated rings. The van der Waals surface area contributed by atoms with E-state index in [-0.39, 0.29) is 43.5 Å². The Morgan fingerprint density at radius 3 is 2.03 bits per heavy atom. The van der Waals surface area contributed by atoms with Crippen LogP contribution in [0.4, 0.5) is 0 Å². The first-order chi connectivity index (χ1) is 14.2. The summed E-state index contributed by atoms with van der Waals surface area (Å²) in [6.45, 7) is 2.22. The van der Waals surface area contributed by atoms with Crippen LogP contribution in [0.2, 0.25) is 0 Å². The van der Waals surface area contributed by atoms with Crippen LogP contribution in [0.5, 0.6) is 0 Å². The normalized spacial score (nSPS) is 33.1. The highest BCUT2D eigenvalue weighted by Crippen LogP contribution is 2.33. The molecule has 2 aliphatic rings. The number of aliphatic carboxylic acids is 2. The summed E-state index contributed by atoms with van der Waals surface area (Å²) in [6, 6.07) is 0.0971. The van der Waals surface area contributed by atoms with Crippen molar-refractivity contribution in [3.63, 3.8) is 0 Å². The fourth-order valence-electron chi connectivity index (χ4n) is 4.95. The number of nitrogens with one attached hydrogen (secondary N) is 2. The van der Waals surface area contributed by atoms with Crippen LogP contribution < -0.4 is 10.6 Å². The topological polar surface area (TPSA) is 133 Å². The van der Waals surface area contributed by atoms with E-state index in [4.69, 9.17) is 0 Å². The maximum atomic E-state index is 13.0. The number of carboxylic acid groups (broad SMARTS) is 2. The number of hydrogen-bond acceptors (Lipinski definition) is 4. The Morgan fingerprint density at radius 2 is 1.40 bits per heavy atom. The summed E-state index contributed by atoms with van der Waals surface area (Å²) < 4.78 is 0. The lowest BCUT2D eigenvalue weighted by Crippen LogP contribution is -2.40. The minimum atomic E-state index is -1.09. The standard InChI is InChI=1S/C22H36N2O6/c1-13-4-3-5-16(9-6-13)24-19(25)14-7-10-17(20(26)23-2)18(22(29)30)11-8-15(12-14)21(27)28/h13-18H,3-12H2,1-2H3,(H,23,26)(H,24,25)(H,27,28)(H,29,30). The van der Waals surface area contributed by atoms with Crippen molar-refractivity contribution >= 4 is 23.8 Å². The number of rotatable bonds is 5. The highest BCUT2D eigenvalue weighted by molar-refractivity contribution is 5.85. The van der Waals surface area contributed by atoms with Crippen LogP contribution in [0.25, 0.3) is 0 Å². The molecule has 170 valence electrons. The molecule has 0 aromatic carbocycles. The summed E-state index contributed by atoms with van der Waals surface area (Å²) in [5.41, 5.74) is 0. The zero-order chi connectivity index (χ0) is 22.3. The molecular formula is C22H36N2O6. The second-order valence-electron chi connectivity index (χ2n) is 9.11. The Kier molecular flexibility index (Phi) is 9.11. The summed E-state index contributed by atoms with van der Waals surface area (Å²) >= 11 is 0. The van der Waals surface area contributed by atoms with Crippen LogP contribution in [0.15, 0.2) is 0 Å². The van der Waals surface area contributed by atoms with E-state index in [2.05, 4.69) is 17.6 Å². The van der Waals surface area contributed by atoms with Crippen molar-refractivity contribution in [1.29, 1.82) is 0 Å². The van der Waals surface area contributed by atoms with Crippen LogP contribution in [0, 0.1) is 29.6 Å². The van der Waals surface area contributed by atoms with Gasteiger partial charge in [-0.15, -0.1) is 0 Å². The molecule has 0 bridgehead atoms. The molecule has 0 aliphatic heterocycles. The van der Waals surface area contributed by atoms with Gasteiger partial charge in [-0.25, -0.2) is 0 Å². The van der Waals surface area contributed by atoms with Gasteiger partial charge in [0.15, 0.2) is 0 Å². The van der Waals surface area contributed by atoms with Gasteiger partial charge >= 0.3 is 11.9 Å². The molecule has 0 aromatic heterocycles. The molecule has 30 heavy (non-hydrogen) atoms. The molecule has 0 aromatic rings. The zero-order valence-corrected chi connectivity index (χ0v) is 18.1. The fraction of sp³-hybridized carbons (Fsp3) is 0.818. The zero-order valence-electron chi connectivity index (χ0n) is 18.1. The van der Waals surface area contributed by atoms with Gasteiger partial charge in [-0.05, 0) is 57.3 Å². The van der Waals surface area contributed by atoms with Gasteiger partial charge in [-0.3, -0.25) is 19.2 Å². The lowest BCUT2D eigenvalue weighted by molar-refractivity contribution is -0.148. The first kappa shape index (κ1) is 24.2. The molecule has 8 heteroatoms. The number of hydrogen-bond donors (Lipinski definition) is 4. The quantitative estimate of drug-likeness (QED) is 0.501. The minimum Gasteiger partial charge on any atom is -0.481 e. The molecular weight excluding hydrogens is 388 g/mol. The predicted molar refractivity (Wildman–Crippen MR) is 111 cm³/mol. The monoisotopic (exact) mass is 424 g/mol. The SMILES string of the molecule is CNC(=O)C1CCC(C(=O)NC2CCCC(C)CC2)CC(C(=O)O)CCC1C(=O)O. The highest BCUT2D eigenvalue weighted by atomic mass is 16.4. The molecule has 0 saturated heterocycles. The van der Waals surface area contributed by atoms with E-state index in [0.29, 0.717) is 12.3 Å². The lowest BCUT2D eigenvalue weighted by atomic mass is 9.83. The molecule has 0 heterocycles. The molecule has 6 atom stereocenters. The van der Waals surface area contributed by atoms with E-state index in [9.17, 15) is 29.4 Å². The highest BCUT2D eigenvalue weighted by Gasteiger charge is 2.38. The molecule has 2 amide bonds. The maximum Gasteiger partial charge on any atom is 0.307 e. The van der Waals surface area contributed by atoms with E-state index >= 15 is 0 Å². The molecule has 4 N–H and O–H groups in total. The number of amides is 2. The van der Waals surface area contributed by atoms with Crippen molar-refractivity contribution in [2.45, 2.75) is 77.2 Å². The lowest BCUT2D eigenvalue weighted by Gasteiger charge is -2.24. The predicted octanol–water partition coefficient (Wildman–Crippen LogP) is 2.42. The summed E-state index contributed by atoms with van der Waals surface area (Å²) in [4.78, 5) is 48.9. The van der Waals surface area contributed by atoms with Crippen LogP contribution in [-0.4, -0.2) is 47.1 Å². The average Bonchev–Trinajstić information content (AvgIpc) is 2.83. The van der Waals surface area contributed by atoms with Gasteiger partial charge in [0.2, 0.25) is 11.8 Å². The minimum absolute atomic E-state index is 0.0971. The molecule has 0 radical (unpaired) electrons. The molecule has 6 unspecified atom stereocenters. The molecule has 8 nitrogen and oxygen atoms in total. The van der Waals surface area contributed by atoms with Crippen LogP contribution in [0.3, 0.4) is 0 Å². The van der Waals surface area contributed by atoms with Gasteiger partial charge in [-0.2, -0.15) is 0 Å². The number of carboxylic acids is 2. The average molecular weight is 425 g/mol. The summed E-state index contributed by atoms with van der Waals surface area (Å²) in [7, 11) is 1.46. The first-order valence-corrected chi connectivity index (χ1v) is 11.2. The van der Waals surface area contributed by atoms with Gasteiger partial charge in [0, 0.05) is 19.0 Å². The molecule has 0 spiro atoms. The van der Waals surface area contributed by atoms with E-state index in [1.165, 1.54) is 7.05 Å². The van der Waals surface area contributed by atoms with E-state index in [1.54, 1.807) is 0 Å². The smallest absolute Gasteiger partial charge is 0.307 e. The van der Waals surface area contributed by atoms with Crippen molar-refractivity contribution in [3.8, 4) is 0 Å². The van der Waals surface area contributed by atoms with Crippen LogP contribution in [-0.2, 0) is 19.2 Å². The summed E-state index contributed by atoms with van der Waals surface area (Å²) in [5, 5.41) is 24.9. The summed E-state index contributed by atoms with van der Waals surface area (Å²) in [6.07, 6.45) is 6.11. The third-order valence-electron chi connectivity index (χ3n) is 6.93. The van der Waals surface area contributed by atoms with Crippen LogP contribution in [0.1, 0.15) is 71.1 Å². The van der Waals surface area contributed by atoms with Crippen molar-refractivity contribution in [2.24, 2.45) is 29.6 Å². The fourth-order valence-corrected chi connectivity index (χ4v) is 4.95. The van der Waals surface area contributed by atoms with Crippen molar-refractivity contribution in [1.82, 2.24) is 10.6 Å². The summed E-state index contributed by atoms with van der Waals surface area (Å²) in [5.74, 6) is -5.03. The van der Waals surface area contributed by atoms with Gasteiger partial charge < -0.3 is 20.8 Å². The van der Waals surface area contributed by atoms with Crippen molar-refractivity contribution < 1.29 is 29.4 Å². The Hall–Kier alpha value is -2.12. The van der Waals surface area contributed by atoms with Gasteiger partial charge in [0.05, 0.1) is 17.8 Å². The van der Waals surface area contributed by atoms with E-state index in [0.717, 1.165) is 32.1 Å². The Balaban J connectivity index is 2.16. The van der Waals surface area contributed by atoms with E-state index < -0.39 is 35.6 Å². The second kappa shape index (κ2) is 11.3. The van der Waals surface area contributed by atoms with Crippen LogP contribution >= 0.6 is 0 Å². The van der Waals surface area contributed by atoms with Crippen molar-refractivity contribution in [3.05, 3.63) is 0 Å². The Labute approximate surface area is 178 Å². The van der Waals surface area contributed by atoms with Gasteiger partial charge in [-0.1, -0.05) is 19.8 Å². The number of carbonyl (C=O) groups excluding carboxylic acids is 2. The maximum absolute atomic E-state index is 13.0. The molecule has 2 saturated carbocycles. The first-order valence-electron chi connectivity index (χ1n) is 11.2. The Bertz CT molecular complexity index is 637. The van der Waals surface area contributed by atoms with Gasteiger partial charge in [0.1, 0.15) is 0 Å². The second-order valence-corrected chi connectivity index (χ2v) is 9.11. The van der Waals surface area contributed by atoms with Crippen molar-refractivity contribution in [2.75, 3.05) is 7.05 Å². The molecule has 2 rings (SSSR count). The molecule has 2 aliphatic carbocycles.